The monoisotopic (exact) mass is 289 g/mol. The van der Waals surface area contributed by atoms with E-state index in [1.54, 1.807) is 6.92 Å². The van der Waals surface area contributed by atoms with Crippen molar-refractivity contribution in [2.75, 3.05) is 18.5 Å². The molecule has 0 aliphatic heterocycles. The smallest absolute Gasteiger partial charge is 0.339 e. The molecular weight excluding hydrogens is 266 g/mol. The van der Waals surface area contributed by atoms with E-state index in [0.717, 1.165) is 18.4 Å². The molecule has 1 N–H and O–H groups in total. The first-order valence-electron chi connectivity index (χ1n) is 7.75. The first-order valence-corrected chi connectivity index (χ1v) is 7.75. The highest BCUT2D eigenvalue weighted by Gasteiger charge is 2.40. The third kappa shape index (κ3) is 2.49. The van der Waals surface area contributed by atoms with E-state index in [-0.39, 0.29) is 0 Å². The summed E-state index contributed by atoms with van der Waals surface area (Å²) in [6, 6.07) is 0. The number of anilines is 1. The molecule has 2 bridgehead atoms. The van der Waals surface area contributed by atoms with Crippen molar-refractivity contribution >= 4 is 11.8 Å². The molecule has 5 nitrogen and oxygen atoms in total. The molecule has 0 aromatic carbocycles. The second-order valence-corrected chi connectivity index (χ2v) is 6.73. The predicted octanol–water partition coefficient (Wildman–Crippen LogP) is 2.66. The summed E-state index contributed by atoms with van der Waals surface area (Å²) in [6.07, 6.45) is 5.38. The Labute approximate surface area is 125 Å². The largest absolute Gasteiger partial charge is 0.478 e. The summed E-state index contributed by atoms with van der Waals surface area (Å²) in [7, 11) is 1.94. The number of aryl methyl sites for hydroxylation is 1. The molecular formula is C16H23N3O2. The topological polar surface area (TPSA) is 66.3 Å². The average Bonchev–Trinajstić information content (AvgIpc) is 3.03. The highest BCUT2D eigenvalue weighted by molar-refractivity contribution is 5.95. The molecule has 2 aliphatic rings. The van der Waals surface area contributed by atoms with Crippen molar-refractivity contribution < 1.29 is 9.90 Å². The number of nitrogens with zero attached hydrogens (tertiary/aromatic N) is 3. The number of hydrogen-bond donors (Lipinski definition) is 1. The summed E-state index contributed by atoms with van der Waals surface area (Å²) >= 11 is 0. The van der Waals surface area contributed by atoms with Gasteiger partial charge in [0.2, 0.25) is 0 Å². The highest BCUT2D eigenvalue weighted by atomic mass is 16.4. The summed E-state index contributed by atoms with van der Waals surface area (Å²) in [4.78, 5) is 13.6. The molecule has 3 unspecified atom stereocenters. The molecule has 3 rings (SSSR count). The van der Waals surface area contributed by atoms with Crippen molar-refractivity contribution in [2.45, 2.75) is 39.5 Å². The lowest BCUT2D eigenvalue weighted by atomic mass is 9.88. The zero-order valence-corrected chi connectivity index (χ0v) is 13.0. The standard InChI is InChI=1S/C16H23N3O2/c1-9-10(2)17-18-15(14(9)16(20)21)19(3)8-13-7-11-4-5-12(13)6-11/h11-13H,4-8H2,1-3H3,(H,20,21). The molecule has 114 valence electrons. The zero-order valence-electron chi connectivity index (χ0n) is 13.0. The van der Waals surface area contributed by atoms with Crippen LogP contribution in [0.4, 0.5) is 5.82 Å². The Balaban J connectivity index is 1.83. The van der Waals surface area contributed by atoms with Crippen LogP contribution in [-0.2, 0) is 0 Å². The summed E-state index contributed by atoms with van der Waals surface area (Å²) in [6.45, 7) is 4.50. The van der Waals surface area contributed by atoms with E-state index in [2.05, 4.69) is 10.2 Å². The molecule has 1 aromatic heterocycles. The van der Waals surface area contributed by atoms with Gasteiger partial charge in [0.15, 0.2) is 5.82 Å². The van der Waals surface area contributed by atoms with Crippen molar-refractivity contribution in [1.82, 2.24) is 10.2 Å². The normalized spacial score (nSPS) is 27.1. The summed E-state index contributed by atoms with van der Waals surface area (Å²) < 4.78 is 0. The minimum atomic E-state index is -0.916. The first kappa shape index (κ1) is 14.3. The van der Waals surface area contributed by atoms with Crippen molar-refractivity contribution in [3.05, 3.63) is 16.8 Å². The number of rotatable bonds is 4. The van der Waals surface area contributed by atoms with Gasteiger partial charge in [-0.25, -0.2) is 4.79 Å². The fourth-order valence-corrected chi connectivity index (χ4v) is 4.16. The highest BCUT2D eigenvalue weighted by Crippen LogP contribution is 2.48. The van der Waals surface area contributed by atoms with Crippen LogP contribution >= 0.6 is 0 Å². The van der Waals surface area contributed by atoms with Gasteiger partial charge in [-0.2, -0.15) is 5.10 Å². The number of carboxylic acids is 1. The lowest BCUT2D eigenvalue weighted by Crippen LogP contribution is -2.31. The van der Waals surface area contributed by atoms with Gasteiger partial charge in [0.1, 0.15) is 5.56 Å². The third-order valence-electron chi connectivity index (χ3n) is 5.40. The van der Waals surface area contributed by atoms with E-state index in [4.69, 9.17) is 0 Å². The number of aromatic nitrogens is 2. The van der Waals surface area contributed by atoms with Gasteiger partial charge in [0, 0.05) is 13.6 Å². The lowest BCUT2D eigenvalue weighted by Gasteiger charge is -2.28. The van der Waals surface area contributed by atoms with Crippen LogP contribution in [-0.4, -0.2) is 34.9 Å². The zero-order chi connectivity index (χ0) is 15.1. The maximum Gasteiger partial charge on any atom is 0.339 e. The Morgan fingerprint density at radius 2 is 2.05 bits per heavy atom. The van der Waals surface area contributed by atoms with Crippen LogP contribution in [0.3, 0.4) is 0 Å². The molecule has 3 atom stereocenters. The molecule has 5 heteroatoms. The fourth-order valence-electron chi connectivity index (χ4n) is 4.16. The van der Waals surface area contributed by atoms with E-state index < -0.39 is 5.97 Å². The maximum atomic E-state index is 11.6. The number of fused-ring (bicyclic) bond motifs is 2. The Bertz CT molecular complexity index is 573. The van der Waals surface area contributed by atoms with Crippen LogP contribution in [0, 0.1) is 31.6 Å². The summed E-state index contributed by atoms with van der Waals surface area (Å²) in [5.74, 6) is 2.00. The van der Waals surface area contributed by atoms with Gasteiger partial charge >= 0.3 is 5.97 Å². The van der Waals surface area contributed by atoms with Crippen molar-refractivity contribution in [3.8, 4) is 0 Å². The van der Waals surface area contributed by atoms with E-state index in [1.807, 2.05) is 18.9 Å². The SMILES string of the molecule is Cc1nnc(N(C)CC2CC3CCC2C3)c(C(=O)O)c1C. The quantitative estimate of drug-likeness (QED) is 0.923. The second-order valence-electron chi connectivity index (χ2n) is 6.73. The Hall–Kier alpha value is -1.65. The van der Waals surface area contributed by atoms with Gasteiger partial charge in [-0.05, 0) is 56.4 Å². The van der Waals surface area contributed by atoms with Gasteiger partial charge in [0.25, 0.3) is 0 Å². The summed E-state index contributed by atoms with van der Waals surface area (Å²) in [5.41, 5.74) is 1.70. The predicted molar refractivity (Wildman–Crippen MR) is 80.7 cm³/mol. The number of carbonyl (C=O) groups is 1. The van der Waals surface area contributed by atoms with Crippen molar-refractivity contribution in [2.24, 2.45) is 17.8 Å². The molecule has 0 saturated heterocycles. The third-order valence-corrected chi connectivity index (χ3v) is 5.40. The van der Waals surface area contributed by atoms with E-state index in [1.165, 1.54) is 25.7 Å². The average molecular weight is 289 g/mol. The van der Waals surface area contributed by atoms with Crippen LogP contribution in [0.2, 0.25) is 0 Å². The number of aromatic carboxylic acids is 1. The number of carboxylic acid groups (broad SMARTS) is 1. The molecule has 0 radical (unpaired) electrons. The summed E-state index contributed by atoms with van der Waals surface area (Å²) in [5, 5.41) is 17.8. The Kier molecular flexibility index (Phi) is 3.59. The molecule has 2 saturated carbocycles. The molecule has 1 heterocycles. The molecule has 0 amide bonds. The van der Waals surface area contributed by atoms with Crippen LogP contribution in [0.5, 0.6) is 0 Å². The van der Waals surface area contributed by atoms with Gasteiger partial charge < -0.3 is 10.0 Å². The van der Waals surface area contributed by atoms with E-state index >= 15 is 0 Å². The molecule has 1 aromatic rings. The second kappa shape index (κ2) is 5.28. The molecule has 21 heavy (non-hydrogen) atoms. The first-order chi connectivity index (χ1) is 9.97. The van der Waals surface area contributed by atoms with Crippen LogP contribution < -0.4 is 4.90 Å². The maximum absolute atomic E-state index is 11.6. The fraction of sp³-hybridized carbons (Fsp3) is 0.688. The number of hydrogen-bond acceptors (Lipinski definition) is 4. The Morgan fingerprint density at radius 1 is 1.29 bits per heavy atom. The molecule has 2 fully saturated rings. The minimum Gasteiger partial charge on any atom is -0.478 e. The van der Waals surface area contributed by atoms with Crippen LogP contribution in [0.1, 0.15) is 47.3 Å². The van der Waals surface area contributed by atoms with Gasteiger partial charge in [-0.3, -0.25) is 0 Å². The van der Waals surface area contributed by atoms with E-state index in [9.17, 15) is 9.90 Å². The van der Waals surface area contributed by atoms with E-state index in [0.29, 0.717) is 28.6 Å². The van der Waals surface area contributed by atoms with Gasteiger partial charge in [-0.15, -0.1) is 5.10 Å². The minimum absolute atomic E-state index is 0.299. The molecule has 0 spiro atoms. The van der Waals surface area contributed by atoms with Crippen molar-refractivity contribution in [1.29, 1.82) is 0 Å². The van der Waals surface area contributed by atoms with Crippen molar-refractivity contribution in [3.63, 3.8) is 0 Å². The molecule has 2 aliphatic carbocycles. The van der Waals surface area contributed by atoms with Gasteiger partial charge in [0.05, 0.1) is 5.69 Å². The Morgan fingerprint density at radius 3 is 2.62 bits per heavy atom. The van der Waals surface area contributed by atoms with Crippen LogP contribution in [0.15, 0.2) is 0 Å². The van der Waals surface area contributed by atoms with Crippen LogP contribution in [0.25, 0.3) is 0 Å². The lowest BCUT2D eigenvalue weighted by molar-refractivity contribution is 0.0696. The van der Waals surface area contributed by atoms with Gasteiger partial charge in [-0.1, -0.05) is 6.42 Å².